The normalized spacial score (nSPS) is 10.5. The number of carbonyl (C=O) groups excluding carboxylic acids is 1. The molecule has 0 atom stereocenters. The fourth-order valence-electron chi connectivity index (χ4n) is 1.70. The molecule has 1 amide bonds. The van der Waals surface area contributed by atoms with E-state index in [-0.39, 0.29) is 11.7 Å². The first kappa shape index (κ1) is 13.7. The number of hydrogen-bond donors (Lipinski definition) is 0. The number of aryl methyl sites for hydroxylation is 1. The van der Waals surface area contributed by atoms with Crippen LogP contribution in [0.1, 0.15) is 27.2 Å². The second kappa shape index (κ2) is 5.93. The fourth-order valence-corrected chi connectivity index (χ4v) is 2.55. The van der Waals surface area contributed by atoms with Crippen LogP contribution in [0.5, 0.6) is 0 Å². The lowest BCUT2D eigenvalue weighted by Gasteiger charge is -2.16. The molecule has 0 unspecified atom stereocenters. The third-order valence-electron chi connectivity index (χ3n) is 2.75. The van der Waals surface area contributed by atoms with Gasteiger partial charge in [0.15, 0.2) is 0 Å². The predicted molar refractivity (Wildman–Crippen MR) is 73.7 cm³/mol. The molecule has 1 heterocycles. The lowest BCUT2D eigenvalue weighted by Crippen LogP contribution is -2.25. The highest BCUT2D eigenvalue weighted by Crippen LogP contribution is 2.16. The summed E-state index contributed by atoms with van der Waals surface area (Å²) in [4.78, 5) is 18.6. The minimum atomic E-state index is -0.271. The Morgan fingerprint density at radius 1 is 1.37 bits per heavy atom. The highest BCUT2D eigenvalue weighted by molar-refractivity contribution is 7.13. The maximum absolute atomic E-state index is 12.8. The van der Waals surface area contributed by atoms with E-state index in [9.17, 15) is 9.18 Å². The van der Waals surface area contributed by atoms with Crippen molar-refractivity contribution in [3.05, 3.63) is 51.7 Å². The summed E-state index contributed by atoms with van der Waals surface area (Å²) in [5.74, 6) is -0.325. The van der Waals surface area contributed by atoms with Crippen LogP contribution in [0.4, 0.5) is 4.39 Å². The van der Waals surface area contributed by atoms with Crippen LogP contribution in [0.3, 0.4) is 0 Å². The smallest absolute Gasteiger partial charge is 0.265 e. The van der Waals surface area contributed by atoms with Gasteiger partial charge < -0.3 is 4.90 Å². The number of aromatic nitrogens is 1. The van der Waals surface area contributed by atoms with E-state index in [1.165, 1.54) is 23.5 Å². The molecular weight excluding hydrogens is 263 g/mol. The Kier molecular flexibility index (Phi) is 4.27. The summed E-state index contributed by atoms with van der Waals surface area (Å²) in [6.07, 6.45) is 2.45. The fraction of sp³-hybridized carbons (Fsp3) is 0.286. The number of thiazole rings is 1. The van der Waals surface area contributed by atoms with Crippen LogP contribution in [0.25, 0.3) is 0 Å². The van der Waals surface area contributed by atoms with Crippen molar-refractivity contribution in [2.24, 2.45) is 0 Å². The van der Waals surface area contributed by atoms with Crippen molar-refractivity contribution in [3.8, 4) is 0 Å². The largest absolute Gasteiger partial charge is 0.337 e. The summed E-state index contributed by atoms with van der Waals surface area (Å²) in [7, 11) is 1.73. The summed E-state index contributed by atoms with van der Waals surface area (Å²) in [6, 6.07) is 6.16. The zero-order valence-electron chi connectivity index (χ0n) is 10.9. The van der Waals surface area contributed by atoms with Crippen LogP contribution < -0.4 is 0 Å². The number of halogens is 1. The zero-order valence-corrected chi connectivity index (χ0v) is 11.7. The molecular formula is C14H15FN2OS. The minimum Gasteiger partial charge on any atom is -0.337 e. The number of rotatable bonds is 4. The minimum absolute atomic E-state index is 0.0541. The first-order chi connectivity index (χ1) is 9.10. The Bertz CT molecular complexity index is 565. The molecule has 0 bridgehead atoms. The lowest BCUT2D eigenvalue weighted by atomic mass is 10.2. The van der Waals surface area contributed by atoms with E-state index >= 15 is 0 Å². The van der Waals surface area contributed by atoms with Gasteiger partial charge in [0.2, 0.25) is 0 Å². The molecule has 1 aromatic carbocycles. The Hall–Kier alpha value is -1.75. The average molecular weight is 278 g/mol. The summed E-state index contributed by atoms with van der Waals surface area (Å²) in [6.45, 7) is 2.47. The Balaban J connectivity index is 2.04. The average Bonchev–Trinajstić information content (AvgIpc) is 2.89. The second-order valence-corrected chi connectivity index (χ2v) is 5.37. The summed E-state index contributed by atoms with van der Waals surface area (Å²) < 4.78 is 12.8. The van der Waals surface area contributed by atoms with Crippen LogP contribution >= 0.6 is 11.3 Å². The third kappa shape index (κ3) is 3.38. The molecule has 1 aromatic heterocycles. The van der Waals surface area contributed by atoms with Gasteiger partial charge in [0.25, 0.3) is 5.91 Å². The third-order valence-corrected chi connectivity index (χ3v) is 3.88. The number of amides is 1. The van der Waals surface area contributed by atoms with Crippen LogP contribution in [0.2, 0.25) is 0 Å². The molecule has 0 saturated carbocycles. The van der Waals surface area contributed by atoms with Gasteiger partial charge in [0.1, 0.15) is 10.7 Å². The highest BCUT2D eigenvalue weighted by Gasteiger charge is 2.15. The van der Waals surface area contributed by atoms with Crippen LogP contribution in [0, 0.1) is 5.82 Å². The van der Waals surface area contributed by atoms with Crippen molar-refractivity contribution in [3.63, 3.8) is 0 Å². The molecule has 3 nitrogen and oxygen atoms in total. The highest BCUT2D eigenvalue weighted by atomic mass is 32.1. The Morgan fingerprint density at radius 2 is 2.05 bits per heavy atom. The van der Waals surface area contributed by atoms with E-state index in [1.54, 1.807) is 30.3 Å². The molecule has 0 N–H and O–H groups in total. The summed E-state index contributed by atoms with van der Waals surface area (Å²) in [5.41, 5.74) is 0.900. The molecule has 0 radical (unpaired) electrons. The molecule has 0 fully saturated rings. The summed E-state index contributed by atoms with van der Waals surface area (Å²) >= 11 is 1.42. The number of hydrogen-bond acceptors (Lipinski definition) is 3. The van der Waals surface area contributed by atoms with Gasteiger partial charge in [0, 0.05) is 13.6 Å². The molecule has 0 aliphatic heterocycles. The van der Waals surface area contributed by atoms with Gasteiger partial charge in [-0.3, -0.25) is 4.79 Å². The van der Waals surface area contributed by atoms with Gasteiger partial charge in [-0.2, -0.15) is 0 Å². The molecule has 0 aliphatic carbocycles. The predicted octanol–water partition coefficient (Wildman–Crippen LogP) is 3.12. The molecule has 19 heavy (non-hydrogen) atoms. The maximum Gasteiger partial charge on any atom is 0.265 e. The molecule has 100 valence electrons. The quantitative estimate of drug-likeness (QED) is 0.861. The molecule has 2 aromatic rings. The van der Waals surface area contributed by atoms with Crippen molar-refractivity contribution in [2.75, 3.05) is 7.05 Å². The van der Waals surface area contributed by atoms with E-state index in [4.69, 9.17) is 0 Å². The van der Waals surface area contributed by atoms with E-state index < -0.39 is 0 Å². The van der Waals surface area contributed by atoms with E-state index in [1.807, 2.05) is 6.92 Å². The molecule has 0 aliphatic rings. The zero-order chi connectivity index (χ0) is 13.8. The molecule has 0 saturated heterocycles. The van der Waals surface area contributed by atoms with Crippen molar-refractivity contribution in [2.45, 2.75) is 19.9 Å². The number of carbonyl (C=O) groups is 1. The maximum atomic E-state index is 12.8. The van der Waals surface area contributed by atoms with Gasteiger partial charge in [-0.25, -0.2) is 9.37 Å². The van der Waals surface area contributed by atoms with E-state index in [0.29, 0.717) is 11.4 Å². The van der Waals surface area contributed by atoms with Crippen LogP contribution in [-0.2, 0) is 13.0 Å². The van der Waals surface area contributed by atoms with Crippen molar-refractivity contribution in [1.82, 2.24) is 9.88 Å². The molecule has 0 spiro atoms. The van der Waals surface area contributed by atoms with Gasteiger partial charge in [-0.05, 0) is 24.1 Å². The first-order valence-corrected chi connectivity index (χ1v) is 6.86. The SMILES string of the molecule is CCc1ncc(C(=O)N(C)Cc2ccc(F)cc2)s1. The Morgan fingerprint density at radius 3 is 2.63 bits per heavy atom. The van der Waals surface area contributed by atoms with E-state index in [0.717, 1.165) is 17.0 Å². The Labute approximate surface area is 115 Å². The second-order valence-electron chi connectivity index (χ2n) is 4.26. The molecule has 2 rings (SSSR count). The number of nitrogens with zero attached hydrogens (tertiary/aromatic N) is 2. The van der Waals surface area contributed by atoms with E-state index in [2.05, 4.69) is 4.98 Å². The van der Waals surface area contributed by atoms with Crippen LogP contribution in [0.15, 0.2) is 30.5 Å². The topological polar surface area (TPSA) is 33.2 Å². The van der Waals surface area contributed by atoms with Crippen molar-refractivity contribution >= 4 is 17.2 Å². The van der Waals surface area contributed by atoms with Crippen molar-refractivity contribution < 1.29 is 9.18 Å². The molecule has 5 heteroatoms. The van der Waals surface area contributed by atoms with Crippen molar-refractivity contribution in [1.29, 1.82) is 0 Å². The van der Waals surface area contributed by atoms with Gasteiger partial charge in [-0.1, -0.05) is 19.1 Å². The van der Waals surface area contributed by atoms with Crippen LogP contribution in [-0.4, -0.2) is 22.8 Å². The summed E-state index contributed by atoms with van der Waals surface area (Å²) in [5, 5.41) is 0.957. The standard InChI is InChI=1S/C14H15FN2OS/c1-3-13-16-8-12(19-13)14(18)17(2)9-10-4-6-11(15)7-5-10/h4-8H,3,9H2,1-2H3. The monoisotopic (exact) mass is 278 g/mol. The number of benzene rings is 1. The van der Waals surface area contributed by atoms with Gasteiger partial charge in [-0.15, -0.1) is 11.3 Å². The lowest BCUT2D eigenvalue weighted by molar-refractivity contribution is 0.0789. The van der Waals surface area contributed by atoms with Gasteiger partial charge >= 0.3 is 0 Å². The van der Waals surface area contributed by atoms with Gasteiger partial charge in [0.05, 0.1) is 11.2 Å². The first-order valence-electron chi connectivity index (χ1n) is 6.04.